The number of aryl methyl sites for hydroxylation is 1. The number of hydrogen-bond donors (Lipinski definition) is 3. The maximum absolute atomic E-state index is 13.8. The van der Waals surface area contributed by atoms with E-state index in [1.807, 2.05) is 35.3 Å². The summed E-state index contributed by atoms with van der Waals surface area (Å²) in [7, 11) is 1.67. The van der Waals surface area contributed by atoms with E-state index in [4.69, 9.17) is 19.6 Å². The summed E-state index contributed by atoms with van der Waals surface area (Å²) in [5.41, 5.74) is 2.06. The summed E-state index contributed by atoms with van der Waals surface area (Å²) >= 11 is 0. The molecule has 5 aliphatic rings. The molecule has 3 N–H and O–H groups in total. The lowest BCUT2D eigenvalue weighted by Gasteiger charge is -2.36. The SMILES string of the molecule is Cn1c(=O)n(C2CCC(=O)NC2=O)c2cccc(C#CCOC3CCN(C[C@H]4CC[C@H](n5cc(NC(=O)c6cnn7ccc(N8C[C@H]9C[C@@H]8CO9)nc67)c(C(C)(C)O)n5)CC4)CC3)c21. The lowest BCUT2D eigenvalue weighted by atomic mass is 9.85. The first-order chi connectivity index (χ1) is 30.9. The van der Waals surface area contributed by atoms with Gasteiger partial charge in [-0.3, -0.25) is 33.5 Å². The lowest BCUT2D eigenvalue weighted by Crippen LogP contribution is -2.44. The van der Waals surface area contributed by atoms with Gasteiger partial charge in [0.2, 0.25) is 11.8 Å². The van der Waals surface area contributed by atoms with E-state index >= 15 is 0 Å². The third-order valence-corrected chi connectivity index (χ3v) is 13.8. The molecule has 1 unspecified atom stereocenters. The second-order valence-corrected chi connectivity index (χ2v) is 18.6. The van der Waals surface area contributed by atoms with Crippen LogP contribution in [0, 0.1) is 17.8 Å². The van der Waals surface area contributed by atoms with Gasteiger partial charge in [0.15, 0.2) is 5.65 Å². The quantitative estimate of drug-likeness (QED) is 0.137. The predicted molar refractivity (Wildman–Crippen MR) is 236 cm³/mol. The van der Waals surface area contributed by atoms with Gasteiger partial charge in [0.1, 0.15) is 35.3 Å². The molecule has 8 heterocycles. The first-order valence-electron chi connectivity index (χ1n) is 22.6. The summed E-state index contributed by atoms with van der Waals surface area (Å²) in [6.45, 7) is 8.08. The molecule has 64 heavy (non-hydrogen) atoms. The molecule has 0 spiro atoms. The Bertz CT molecular complexity index is 2740. The maximum Gasteiger partial charge on any atom is 0.329 e. The number of amides is 3. The van der Waals surface area contributed by atoms with Gasteiger partial charge in [0.05, 0.1) is 59.4 Å². The number of likely N-dealkylation sites (tertiary alicyclic amines) is 1. The number of piperidine rings is 2. The summed E-state index contributed by atoms with van der Waals surface area (Å²) in [6.07, 6.45) is 12.9. The number of carbonyl (C=O) groups is 3. The fourth-order valence-corrected chi connectivity index (χ4v) is 10.4. The van der Waals surface area contributed by atoms with Crippen LogP contribution in [0.4, 0.5) is 11.5 Å². The van der Waals surface area contributed by atoms with Crippen LogP contribution in [0.5, 0.6) is 0 Å². The Balaban J connectivity index is 0.709. The average Bonchev–Trinajstić information content (AvgIpc) is 4.13. The van der Waals surface area contributed by atoms with Gasteiger partial charge in [-0.15, -0.1) is 0 Å². The number of imidazole rings is 1. The number of anilines is 2. The molecule has 4 aromatic heterocycles. The normalized spacial score (nSPS) is 24.4. The molecule has 0 radical (unpaired) electrons. The molecule has 3 atom stereocenters. The van der Waals surface area contributed by atoms with Crippen molar-refractivity contribution in [3.63, 3.8) is 0 Å². The van der Waals surface area contributed by atoms with E-state index in [0.29, 0.717) is 57.8 Å². The first kappa shape index (κ1) is 42.1. The van der Waals surface area contributed by atoms with Crippen molar-refractivity contribution in [2.45, 2.75) is 108 Å². The number of ether oxygens (including phenoxy) is 2. The van der Waals surface area contributed by atoms with Crippen LogP contribution in [0.25, 0.3) is 16.7 Å². The number of nitrogens with zero attached hydrogens (tertiary/aromatic N) is 9. The number of aromatic nitrogens is 7. The molecule has 18 nitrogen and oxygen atoms in total. The maximum atomic E-state index is 13.8. The number of imide groups is 1. The number of nitrogens with one attached hydrogen (secondary N) is 2. The molecule has 2 bridgehead atoms. The fourth-order valence-electron chi connectivity index (χ4n) is 10.4. The zero-order chi connectivity index (χ0) is 44.3. The van der Waals surface area contributed by atoms with Crippen LogP contribution in [0.2, 0.25) is 0 Å². The summed E-state index contributed by atoms with van der Waals surface area (Å²) in [5, 5.41) is 25.8. The highest BCUT2D eigenvalue weighted by atomic mass is 16.5. The highest BCUT2D eigenvalue weighted by Gasteiger charge is 2.40. The Labute approximate surface area is 369 Å². The molecule has 4 aliphatic heterocycles. The Morgan fingerprint density at radius 1 is 1.06 bits per heavy atom. The third-order valence-electron chi connectivity index (χ3n) is 13.8. The molecule has 3 amide bonds. The highest BCUT2D eigenvalue weighted by molar-refractivity contribution is 6.08. The number of fused-ring (bicyclic) bond motifs is 4. The number of benzene rings is 1. The van der Waals surface area contributed by atoms with Crippen molar-refractivity contribution in [1.82, 2.24) is 43.7 Å². The average molecular weight is 874 g/mol. The van der Waals surface area contributed by atoms with Crippen LogP contribution < -0.4 is 21.2 Å². The Kier molecular flexibility index (Phi) is 11.1. The molecule has 1 aliphatic carbocycles. The van der Waals surface area contributed by atoms with Gasteiger partial charge in [0, 0.05) is 52.0 Å². The molecule has 1 saturated carbocycles. The van der Waals surface area contributed by atoms with Crippen LogP contribution >= 0.6 is 0 Å². The van der Waals surface area contributed by atoms with Gasteiger partial charge in [-0.1, -0.05) is 17.9 Å². The minimum atomic E-state index is -1.28. The molecule has 336 valence electrons. The highest BCUT2D eigenvalue weighted by Crippen LogP contribution is 2.37. The van der Waals surface area contributed by atoms with Crippen LogP contribution in [0.3, 0.4) is 0 Å². The standard InChI is InChI=1S/C46H55N11O7/c1-46(2,62)41-35(48-43(59)34-23-47-55-20-17-38(49-42(34)55)54-25-33-22-31(54)27-64-33)26-56(51-41)30-11-9-28(10-12-30)24-53-18-15-32(16-19-53)63-21-5-7-29-6-4-8-36-40(29)52(3)45(61)57(36)37-13-14-39(58)50-44(37)60/h4,6,8,17,20,23,26,28,30-33,37,62H,9-16,18-19,21-22,24-25,27H2,1-3H3,(H,48,59)(H,50,58,60)/t28-,30-,31-,33-,37?/m1/s1. The van der Waals surface area contributed by atoms with Gasteiger partial charge in [-0.25, -0.2) is 14.3 Å². The monoisotopic (exact) mass is 873 g/mol. The summed E-state index contributed by atoms with van der Waals surface area (Å²) < 4.78 is 18.5. The van der Waals surface area contributed by atoms with Crippen LogP contribution in [0.1, 0.15) is 105 Å². The molecule has 18 heteroatoms. The van der Waals surface area contributed by atoms with E-state index in [2.05, 4.69) is 37.4 Å². The molecule has 4 saturated heterocycles. The van der Waals surface area contributed by atoms with Crippen molar-refractivity contribution < 1.29 is 29.0 Å². The Morgan fingerprint density at radius 2 is 1.88 bits per heavy atom. The van der Waals surface area contributed by atoms with Crippen molar-refractivity contribution in [2.75, 3.05) is 49.6 Å². The summed E-state index contributed by atoms with van der Waals surface area (Å²) in [4.78, 5) is 61.0. The van der Waals surface area contributed by atoms with Gasteiger partial charge in [0.25, 0.3) is 5.91 Å². The molecular formula is C46H55N11O7. The summed E-state index contributed by atoms with van der Waals surface area (Å²) in [6, 6.07) is 7.13. The van der Waals surface area contributed by atoms with Crippen LogP contribution in [0.15, 0.2) is 47.7 Å². The molecule has 1 aromatic carbocycles. The number of rotatable bonds is 10. The molecular weight excluding hydrogens is 819 g/mol. The van der Waals surface area contributed by atoms with E-state index in [1.54, 1.807) is 31.5 Å². The van der Waals surface area contributed by atoms with Crippen molar-refractivity contribution >= 4 is 45.9 Å². The second kappa shape index (κ2) is 16.9. The van der Waals surface area contributed by atoms with Crippen molar-refractivity contribution in [2.24, 2.45) is 13.0 Å². The van der Waals surface area contributed by atoms with Crippen molar-refractivity contribution in [1.29, 1.82) is 0 Å². The first-order valence-corrected chi connectivity index (χ1v) is 22.6. The van der Waals surface area contributed by atoms with Crippen molar-refractivity contribution in [3.8, 4) is 11.8 Å². The molecule has 5 fully saturated rings. The lowest BCUT2D eigenvalue weighted by molar-refractivity contribution is -0.135. The van der Waals surface area contributed by atoms with E-state index in [0.717, 1.165) is 76.9 Å². The van der Waals surface area contributed by atoms with E-state index in [-0.39, 0.29) is 55.2 Å². The minimum absolute atomic E-state index is 0.122. The Morgan fingerprint density at radius 3 is 2.61 bits per heavy atom. The molecule has 10 rings (SSSR count). The number of hydrogen-bond acceptors (Lipinski definition) is 12. The number of para-hydroxylation sites is 1. The van der Waals surface area contributed by atoms with Crippen LogP contribution in [-0.2, 0) is 31.7 Å². The largest absolute Gasteiger partial charge is 0.384 e. The topological polar surface area (TPSA) is 195 Å². The van der Waals surface area contributed by atoms with E-state index in [1.165, 1.54) is 15.3 Å². The smallest absolute Gasteiger partial charge is 0.329 e. The van der Waals surface area contributed by atoms with Gasteiger partial charge in [-0.2, -0.15) is 10.2 Å². The van der Waals surface area contributed by atoms with Gasteiger partial charge >= 0.3 is 5.69 Å². The number of carbonyl (C=O) groups excluding carboxylic acids is 3. The predicted octanol–water partition coefficient (Wildman–Crippen LogP) is 3.28. The number of aliphatic hydroxyl groups is 1. The minimum Gasteiger partial charge on any atom is -0.384 e. The molecule has 5 aromatic rings. The Hall–Kier alpha value is -5.87. The zero-order valence-electron chi connectivity index (χ0n) is 36.5. The van der Waals surface area contributed by atoms with E-state index in [9.17, 15) is 24.3 Å². The third kappa shape index (κ3) is 8.10. The van der Waals surface area contributed by atoms with Gasteiger partial charge in [-0.05, 0) is 89.3 Å². The van der Waals surface area contributed by atoms with Gasteiger partial charge < -0.3 is 29.7 Å². The number of morpholine rings is 1. The van der Waals surface area contributed by atoms with E-state index < -0.39 is 17.6 Å². The summed E-state index contributed by atoms with van der Waals surface area (Å²) in [5.74, 6) is 6.58. The fraction of sp³-hybridized carbons (Fsp3) is 0.543. The van der Waals surface area contributed by atoms with Crippen molar-refractivity contribution in [3.05, 3.63) is 70.2 Å². The zero-order valence-corrected chi connectivity index (χ0v) is 36.5. The van der Waals surface area contributed by atoms with Crippen LogP contribution in [-0.4, -0.2) is 119 Å². The second-order valence-electron chi connectivity index (χ2n) is 18.6.